The van der Waals surface area contributed by atoms with Gasteiger partial charge in [0.1, 0.15) is 0 Å². The van der Waals surface area contributed by atoms with Crippen LogP contribution >= 0.6 is 0 Å². The molecule has 0 aliphatic rings. The van der Waals surface area contributed by atoms with Gasteiger partial charge in [-0.3, -0.25) is 9.59 Å². The summed E-state index contributed by atoms with van der Waals surface area (Å²) in [7, 11) is 1.27. The molecule has 0 heterocycles. The van der Waals surface area contributed by atoms with Gasteiger partial charge in [-0.15, -0.1) is 0 Å². The van der Waals surface area contributed by atoms with Crippen molar-refractivity contribution in [3.63, 3.8) is 0 Å². The largest absolute Gasteiger partial charge is 0.493 e. The van der Waals surface area contributed by atoms with Crippen LogP contribution in [0.25, 0.3) is 0 Å². The van der Waals surface area contributed by atoms with Gasteiger partial charge in [-0.2, -0.15) is 8.78 Å². The highest BCUT2D eigenvalue weighted by Crippen LogP contribution is 2.29. The monoisotopic (exact) mass is 392 g/mol. The molecule has 1 unspecified atom stereocenters. The number of halogens is 2. The van der Waals surface area contributed by atoms with E-state index in [0.717, 1.165) is 5.56 Å². The fourth-order valence-corrected chi connectivity index (χ4v) is 2.49. The molecule has 2 aromatic rings. The Morgan fingerprint density at radius 2 is 1.75 bits per heavy atom. The van der Waals surface area contributed by atoms with Gasteiger partial charge in [0.15, 0.2) is 11.5 Å². The molecule has 1 atom stereocenters. The molecule has 0 fully saturated rings. The number of carbonyl (C=O) groups excluding carboxylic acids is 2. The van der Waals surface area contributed by atoms with E-state index in [9.17, 15) is 18.4 Å². The first-order chi connectivity index (χ1) is 13.4. The standard InChI is InChI=1S/C20H22F2N2O4/c1-13(14-6-4-3-5-7-14)11-23-18(25)12-24-19(26)15-8-9-16(28-20(21)22)17(10-15)27-2/h3-10,13,20H,11-12H2,1-2H3,(H,23,25)(H,24,26). The summed E-state index contributed by atoms with van der Waals surface area (Å²) >= 11 is 0. The smallest absolute Gasteiger partial charge is 0.387 e. The molecule has 8 heteroatoms. The van der Waals surface area contributed by atoms with Gasteiger partial charge in [0.2, 0.25) is 5.91 Å². The summed E-state index contributed by atoms with van der Waals surface area (Å²) in [4.78, 5) is 24.1. The van der Waals surface area contributed by atoms with Crippen LogP contribution in [0.4, 0.5) is 8.78 Å². The first-order valence-corrected chi connectivity index (χ1v) is 8.63. The lowest BCUT2D eigenvalue weighted by atomic mass is 10.0. The average molecular weight is 392 g/mol. The zero-order valence-electron chi connectivity index (χ0n) is 15.6. The van der Waals surface area contributed by atoms with Crippen LogP contribution in [0, 0.1) is 0 Å². The van der Waals surface area contributed by atoms with E-state index in [0.29, 0.717) is 6.54 Å². The number of rotatable bonds is 9. The predicted octanol–water partition coefficient (Wildman–Crippen LogP) is 2.95. The van der Waals surface area contributed by atoms with E-state index in [2.05, 4.69) is 15.4 Å². The lowest BCUT2D eigenvalue weighted by Crippen LogP contribution is -2.38. The summed E-state index contributed by atoms with van der Waals surface area (Å²) in [6.45, 7) is -0.788. The van der Waals surface area contributed by atoms with Gasteiger partial charge in [0.25, 0.3) is 5.91 Å². The van der Waals surface area contributed by atoms with E-state index >= 15 is 0 Å². The molecule has 0 aromatic heterocycles. The molecule has 0 bridgehead atoms. The van der Waals surface area contributed by atoms with E-state index in [1.807, 2.05) is 37.3 Å². The first-order valence-electron chi connectivity index (χ1n) is 8.63. The highest BCUT2D eigenvalue weighted by atomic mass is 19.3. The molecule has 6 nitrogen and oxygen atoms in total. The number of benzene rings is 2. The highest BCUT2D eigenvalue weighted by Gasteiger charge is 2.15. The topological polar surface area (TPSA) is 76.7 Å². The van der Waals surface area contributed by atoms with Crippen molar-refractivity contribution in [3.8, 4) is 11.5 Å². The minimum absolute atomic E-state index is 0.00547. The van der Waals surface area contributed by atoms with Gasteiger partial charge in [0.05, 0.1) is 13.7 Å². The highest BCUT2D eigenvalue weighted by molar-refractivity contribution is 5.97. The summed E-state index contributed by atoms with van der Waals surface area (Å²) in [6.07, 6.45) is 0. The van der Waals surface area contributed by atoms with Gasteiger partial charge in [-0.25, -0.2) is 0 Å². The van der Waals surface area contributed by atoms with Crippen LogP contribution in [0.3, 0.4) is 0 Å². The second kappa shape index (κ2) is 10.2. The van der Waals surface area contributed by atoms with E-state index < -0.39 is 12.5 Å². The van der Waals surface area contributed by atoms with Crippen molar-refractivity contribution in [3.05, 3.63) is 59.7 Å². The molecule has 0 radical (unpaired) electrons. The van der Waals surface area contributed by atoms with Crippen molar-refractivity contribution < 1.29 is 27.8 Å². The Kier molecular flexibility index (Phi) is 7.74. The fraction of sp³-hybridized carbons (Fsp3) is 0.300. The lowest BCUT2D eigenvalue weighted by Gasteiger charge is -2.14. The number of alkyl halides is 2. The van der Waals surface area contributed by atoms with Gasteiger partial charge < -0.3 is 20.1 Å². The van der Waals surface area contributed by atoms with Crippen molar-refractivity contribution in [2.45, 2.75) is 19.5 Å². The molecule has 2 amide bonds. The number of carbonyl (C=O) groups is 2. The van der Waals surface area contributed by atoms with E-state index in [1.54, 1.807) is 0 Å². The lowest BCUT2D eigenvalue weighted by molar-refractivity contribution is -0.120. The SMILES string of the molecule is COc1cc(C(=O)NCC(=O)NCC(C)c2ccccc2)ccc1OC(F)F. The molecular formula is C20H22F2N2O4. The minimum Gasteiger partial charge on any atom is -0.493 e. The molecule has 0 saturated carbocycles. The van der Waals surface area contributed by atoms with E-state index in [1.165, 1.54) is 25.3 Å². The fourth-order valence-electron chi connectivity index (χ4n) is 2.49. The Balaban J connectivity index is 1.85. The van der Waals surface area contributed by atoms with Gasteiger partial charge >= 0.3 is 6.61 Å². The number of amides is 2. The molecule has 2 rings (SSSR count). The Morgan fingerprint density at radius 3 is 2.39 bits per heavy atom. The summed E-state index contributed by atoms with van der Waals surface area (Å²) in [5, 5.41) is 5.24. The molecule has 0 saturated heterocycles. The Labute approximate surface area is 161 Å². The van der Waals surface area contributed by atoms with Gasteiger partial charge in [0, 0.05) is 12.1 Å². The molecule has 0 aliphatic heterocycles. The minimum atomic E-state index is -3.00. The maximum atomic E-state index is 12.3. The van der Waals surface area contributed by atoms with Crippen molar-refractivity contribution in [2.24, 2.45) is 0 Å². The number of ether oxygens (including phenoxy) is 2. The Hall–Kier alpha value is -3.16. The second-order valence-electron chi connectivity index (χ2n) is 6.04. The quantitative estimate of drug-likeness (QED) is 0.688. The first kappa shape index (κ1) is 21.1. The normalized spacial score (nSPS) is 11.6. The van der Waals surface area contributed by atoms with Crippen LogP contribution in [-0.2, 0) is 4.79 Å². The number of hydrogen-bond donors (Lipinski definition) is 2. The number of hydrogen-bond acceptors (Lipinski definition) is 4. The molecule has 0 aliphatic carbocycles. The Bertz CT molecular complexity index is 800. The molecule has 2 N–H and O–H groups in total. The summed E-state index contributed by atoms with van der Waals surface area (Å²) < 4.78 is 33.9. The van der Waals surface area contributed by atoms with Crippen molar-refractivity contribution in [2.75, 3.05) is 20.2 Å². The maximum Gasteiger partial charge on any atom is 0.387 e. The van der Waals surface area contributed by atoms with Crippen molar-refractivity contribution in [1.29, 1.82) is 0 Å². The number of methoxy groups -OCH3 is 1. The van der Waals surface area contributed by atoms with Crippen LogP contribution in [-0.4, -0.2) is 38.6 Å². The summed E-state index contributed by atoms with van der Waals surface area (Å²) in [6, 6.07) is 13.5. The summed E-state index contributed by atoms with van der Waals surface area (Å²) in [5.41, 5.74) is 1.26. The molecular weight excluding hydrogens is 370 g/mol. The van der Waals surface area contributed by atoms with Crippen molar-refractivity contribution in [1.82, 2.24) is 10.6 Å². The molecule has 0 spiro atoms. The van der Waals surface area contributed by atoms with Crippen molar-refractivity contribution >= 4 is 11.8 Å². The number of nitrogens with one attached hydrogen (secondary N) is 2. The third-order valence-electron chi connectivity index (χ3n) is 4.03. The Morgan fingerprint density at radius 1 is 1.04 bits per heavy atom. The molecule has 28 heavy (non-hydrogen) atoms. The van der Waals surface area contributed by atoms with Crippen LogP contribution < -0.4 is 20.1 Å². The zero-order valence-corrected chi connectivity index (χ0v) is 15.6. The third-order valence-corrected chi connectivity index (χ3v) is 4.03. The van der Waals surface area contributed by atoms with Crippen LogP contribution in [0.15, 0.2) is 48.5 Å². The average Bonchev–Trinajstić information content (AvgIpc) is 2.70. The van der Waals surface area contributed by atoms with E-state index in [-0.39, 0.29) is 35.4 Å². The van der Waals surface area contributed by atoms with Crippen LogP contribution in [0.5, 0.6) is 11.5 Å². The second-order valence-corrected chi connectivity index (χ2v) is 6.04. The van der Waals surface area contributed by atoms with Crippen LogP contribution in [0.2, 0.25) is 0 Å². The van der Waals surface area contributed by atoms with E-state index in [4.69, 9.17) is 4.74 Å². The van der Waals surface area contributed by atoms with Crippen LogP contribution in [0.1, 0.15) is 28.8 Å². The summed E-state index contributed by atoms with van der Waals surface area (Å²) in [5.74, 6) is -0.919. The zero-order chi connectivity index (χ0) is 20.5. The van der Waals surface area contributed by atoms with Gasteiger partial charge in [-0.05, 0) is 29.7 Å². The van der Waals surface area contributed by atoms with Gasteiger partial charge in [-0.1, -0.05) is 37.3 Å². The molecule has 2 aromatic carbocycles. The molecule has 150 valence electrons. The predicted molar refractivity (Wildman–Crippen MR) is 99.8 cm³/mol. The maximum absolute atomic E-state index is 12.3. The third kappa shape index (κ3) is 6.22.